The average molecular weight is 459 g/mol. The monoisotopic (exact) mass is 458 g/mol. The normalized spacial score (nSPS) is 15.7. The molecule has 1 saturated heterocycles. The van der Waals surface area contributed by atoms with Gasteiger partial charge in [0.15, 0.2) is 5.16 Å². The molecule has 0 saturated carbocycles. The van der Waals surface area contributed by atoms with Gasteiger partial charge in [-0.15, -0.1) is 10.2 Å². The molecule has 1 aliphatic heterocycles. The number of nitrogens with one attached hydrogen (secondary N) is 1. The molecule has 162 valence electrons. The minimum absolute atomic E-state index is 0.0860. The predicted molar refractivity (Wildman–Crippen MR) is 121 cm³/mol. The van der Waals surface area contributed by atoms with Crippen molar-refractivity contribution in [1.29, 1.82) is 0 Å². The van der Waals surface area contributed by atoms with Crippen LogP contribution in [-0.2, 0) is 9.53 Å². The molecule has 0 bridgehead atoms. The van der Waals surface area contributed by atoms with Crippen molar-refractivity contribution in [2.75, 3.05) is 24.3 Å². The number of rotatable bonds is 8. The molecule has 1 atom stereocenters. The molecule has 3 aromatic rings. The first-order chi connectivity index (χ1) is 15.1. The van der Waals surface area contributed by atoms with Gasteiger partial charge in [0.05, 0.1) is 17.5 Å². The van der Waals surface area contributed by atoms with Gasteiger partial charge < -0.3 is 14.8 Å². The molecule has 0 radical (unpaired) electrons. The van der Waals surface area contributed by atoms with Crippen LogP contribution in [-0.4, -0.2) is 45.7 Å². The van der Waals surface area contributed by atoms with Crippen LogP contribution < -0.4 is 10.1 Å². The summed E-state index contributed by atoms with van der Waals surface area (Å²) in [6.45, 7) is 3.24. The van der Waals surface area contributed by atoms with E-state index in [0.717, 1.165) is 25.1 Å². The second-order valence-electron chi connectivity index (χ2n) is 7.24. The van der Waals surface area contributed by atoms with Gasteiger partial charge in [-0.2, -0.15) is 0 Å². The van der Waals surface area contributed by atoms with Gasteiger partial charge in [0.1, 0.15) is 18.7 Å². The third kappa shape index (κ3) is 5.78. The summed E-state index contributed by atoms with van der Waals surface area (Å²) in [7, 11) is 0. The standard InChI is InChI=1S/C22H23ClN4O3S/c1-15-4-7-17(8-5-15)27-14-24-26-22(27)31-13-21(28)25-19-11-16(23)6-9-20(19)30-12-18-3-2-10-29-18/h4-9,11,14,18H,2-3,10,12-13H2,1H3,(H,25,28). The molecule has 7 nitrogen and oxygen atoms in total. The lowest BCUT2D eigenvalue weighted by molar-refractivity contribution is -0.113. The predicted octanol–water partition coefficient (Wildman–Crippen LogP) is 4.52. The van der Waals surface area contributed by atoms with Crippen LogP contribution in [0.3, 0.4) is 0 Å². The van der Waals surface area contributed by atoms with Crippen LogP contribution in [0, 0.1) is 6.92 Å². The zero-order valence-corrected chi connectivity index (χ0v) is 18.7. The first kappa shape index (κ1) is 21.7. The van der Waals surface area contributed by atoms with Crippen molar-refractivity contribution < 1.29 is 14.3 Å². The number of amides is 1. The Morgan fingerprint density at radius 1 is 1.32 bits per heavy atom. The maximum atomic E-state index is 12.6. The second kappa shape index (κ2) is 10.2. The molecule has 0 aliphatic carbocycles. The SMILES string of the molecule is Cc1ccc(-n2cnnc2SCC(=O)Nc2cc(Cl)ccc2OCC2CCCO2)cc1. The summed E-state index contributed by atoms with van der Waals surface area (Å²) in [6.07, 6.45) is 3.75. The molecular formula is C22H23ClN4O3S. The topological polar surface area (TPSA) is 78.3 Å². The van der Waals surface area contributed by atoms with E-state index in [1.807, 2.05) is 35.8 Å². The van der Waals surface area contributed by atoms with Crippen LogP contribution >= 0.6 is 23.4 Å². The second-order valence-corrected chi connectivity index (χ2v) is 8.62. The van der Waals surface area contributed by atoms with Crippen LogP contribution in [0.2, 0.25) is 5.02 Å². The molecule has 1 unspecified atom stereocenters. The number of carbonyl (C=O) groups excluding carboxylic acids is 1. The van der Waals surface area contributed by atoms with Gasteiger partial charge in [-0.3, -0.25) is 9.36 Å². The van der Waals surface area contributed by atoms with E-state index >= 15 is 0 Å². The number of thioether (sulfide) groups is 1. The third-order valence-corrected chi connectivity index (χ3v) is 6.00. The summed E-state index contributed by atoms with van der Waals surface area (Å²) in [5.41, 5.74) is 2.65. The molecule has 0 spiro atoms. The van der Waals surface area contributed by atoms with E-state index in [2.05, 4.69) is 15.5 Å². The first-order valence-corrected chi connectivity index (χ1v) is 11.4. The Bertz CT molecular complexity index is 1040. The summed E-state index contributed by atoms with van der Waals surface area (Å²) in [5.74, 6) is 0.552. The van der Waals surface area contributed by atoms with E-state index < -0.39 is 0 Å². The van der Waals surface area contributed by atoms with Gasteiger partial charge in [0.2, 0.25) is 5.91 Å². The van der Waals surface area contributed by atoms with Gasteiger partial charge in [-0.05, 0) is 50.1 Å². The largest absolute Gasteiger partial charge is 0.489 e. The number of carbonyl (C=O) groups is 1. The van der Waals surface area contributed by atoms with Crippen LogP contribution in [0.25, 0.3) is 5.69 Å². The Balaban J connectivity index is 1.38. The van der Waals surface area contributed by atoms with Gasteiger partial charge in [0, 0.05) is 17.3 Å². The lowest BCUT2D eigenvalue weighted by Crippen LogP contribution is -2.19. The van der Waals surface area contributed by atoms with Crippen molar-refractivity contribution in [1.82, 2.24) is 14.8 Å². The third-order valence-electron chi connectivity index (χ3n) is 4.83. The number of nitrogens with zero attached hydrogens (tertiary/aromatic N) is 3. The van der Waals surface area contributed by atoms with Crippen LogP contribution in [0.1, 0.15) is 18.4 Å². The van der Waals surface area contributed by atoms with E-state index in [0.29, 0.717) is 28.2 Å². The summed E-state index contributed by atoms with van der Waals surface area (Å²) >= 11 is 7.43. The van der Waals surface area contributed by atoms with Crippen molar-refractivity contribution in [3.05, 3.63) is 59.4 Å². The molecule has 2 aromatic carbocycles. The molecule has 1 aliphatic rings. The van der Waals surface area contributed by atoms with Crippen molar-refractivity contribution >= 4 is 35.0 Å². The van der Waals surface area contributed by atoms with Crippen molar-refractivity contribution in [2.45, 2.75) is 31.0 Å². The number of anilines is 1. The Hall–Kier alpha value is -2.55. The van der Waals surface area contributed by atoms with Crippen LogP contribution in [0.5, 0.6) is 5.75 Å². The highest BCUT2D eigenvalue weighted by molar-refractivity contribution is 7.99. The Morgan fingerprint density at radius 2 is 2.16 bits per heavy atom. The zero-order valence-electron chi connectivity index (χ0n) is 17.1. The van der Waals surface area contributed by atoms with Gasteiger partial charge in [-0.1, -0.05) is 41.1 Å². The van der Waals surface area contributed by atoms with E-state index in [1.165, 1.54) is 17.3 Å². The lowest BCUT2D eigenvalue weighted by atomic mass is 10.2. The fourth-order valence-corrected chi connectivity index (χ4v) is 4.11. The van der Waals surface area contributed by atoms with Gasteiger partial charge in [0.25, 0.3) is 0 Å². The molecule has 1 amide bonds. The van der Waals surface area contributed by atoms with Gasteiger partial charge in [-0.25, -0.2) is 0 Å². The van der Waals surface area contributed by atoms with E-state index in [9.17, 15) is 4.79 Å². The Kier molecular flexibility index (Phi) is 7.11. The molecule has 1 fully saturated rings. The summed E-state index contributed by atoms with van der Waals surface area (Å²) in [4.78, 5) is 12.6. The molecule has 4 rings (SSSR count). The van der Waals surface area contributed by atoms with Crippen LogP contribution in [0.4, 0.5) is 5.69 Å². The minimum Gasteiger partial charge on any atom is -0.489 e. The minimum atomic E-state index is -0.187. The fourth-order valence-electron chi connectivity index (χ4n) is 3.21. The average Bonchev–Trinajstić information content (AvgIpc) is 3.44. The Morgan fingerprint density at radius 3 is 2.94 bits per heavy atom. The van der Waals surface area contributed by atoms with Crippen molar-refractivity contribution in [2.24, 2.45) is 0 Å². The number of aryl methyl sites for hydroxylation is 1. The number of ether oxygens (including phenoxy) is 2. The maximum absolute atomic E-state index is 12.6. The molecule has 31 heavy (non-hydrogen) atoms. The lowest BCUT2D eigenvalue weighted by Gasteiger charge is -2.15. The summed E-state index contributed by atoms with van der Waals surface area (Å²) in [5, 5.41) is 12.2. The Labute approximate surface area is 190 Å². The van der Waals surface area contributed by atoms with E-state index in [-0.39, 0.29) is 17.8 Å². The molecule has 1 aromatic heterocycles. The summed E-state index contributed by atoms with van der Waals surface area (Å²) in [6, 6.07) is 13.2. The highest BCUT2D eigenvalue weighted by Crippen LogP contribution is 2.29. The summed E-state index contributed by atoms with van der Waals surface area (Å²) < 4.78 is 13.3. The number of aromatic nitrogens is 3. The fraction of sp³-hybridized carbons (Fsp3) is 0.318. The van der Waals surface area contributed by atoms with Crippen LogP contribution in [0.15, 0.2) is 53.9 Å². The molecule has 2 heterocycles. The molecule has 9 heteroatoms. The first-order valence-electron chi connectivity index (χ1n) is 10.0. The number of hydrogen-bond donors (Lipinski definition) is 1. The van der Waals surface area contributed by atoms with Crippen molar-refractivity contribution in [3.8, 4) is 11.4 Å². The highest BCUT2D eigenvalue weighted by atomic mass is 35.5. The van der Waals surface area contributed by atoms with Gasteiger partial charge >= 0.3 is 0 Å². The number of benzene rings is 2. The zero-order chi connectivity index (χ0) is 21.6. The number of halogens is 1. The number of hydrogen-bond acceptors (Lipinski definition) is 6. The van der Waals surface area contributed by atoms with Crippen molar-refractivity contribution in [3.63, 3.8) is 0 Å². The quantitative estimate of drug-likeness (QED) is 0.500. The molecular weight excluding hydrogens is 436 g/mol. The smallest absolute Gasteiger partial charge is 0.234 e. The highest BCUT2D eigenvalue weighted by Gasteiger charge is 2.18. The maximum Gasteiger partial charge on any atom is 0.234 e. The molecule has 1 N–H and O–H groups in total. The van der Waals surface area contributed by atoms with E-state index in [4.69, 9.17) is 21.1 Å². The van der Waals surface area contributed by atoms with E-state index in [1.54, 1.807) is 24.5 Å².